The minimum absolute atomic E-state index is 0.173. The average Bonchev–Trinajstić information content (AvgIpc) is 2.78. The van der Waals surface area contributed by atoms with Gasteiger partial charge < -0.3 is 15.4 Å². The lowest BCUT2D eigenvalue weighted by molar-refractivity contribution is -0.136. The topological polar surface area (TPSA) is 65.1 Å². The van der Waals surface area contributed by atoms with Gasteiger partial charge >= 0.3 is 5.97 Å². The lowest BCUT2D eigenvalue weighted by Crippen LogP contribution is -2.27. The number of hydrogen-bond donors (Lipinski definition) is 3. The first-order valence-corrected chi connectivity index (χ1v) is 6.80. The lowest BCUT2D eigenvalue weighted by Gasteiger charge is -2.23. The van der Waals surface area contributed by atoms with Gasteiger partial charge in [-0.15, -0.1) is 0 Å². The number of nitrogens with one attached hydrogen (secondary N) is 2. The van der Waals surface area contributed by atoms with Crippen LogP contribution in [0.25, 0.3) is 10.9 Å². The van der Waals surface area contributed by atoms with Crippen LogP contribution < -0.4 is 5.32 Å². The summed E-state index contributed by atoms with van der Waals surface area (Å²) < 4.78 is 0. The molecule has 0 saturated heterocycles. The quantitative estimate of drug-likeness (QED) is 0.789. The van der Waals surface area contributed by atoms with E-state index in [9.17, 15) is 4.79 Å². The van der Waals surface area contributed by atoms with E-state index in [2.05, 4.69) is 28.5 Å². The molecule has 3 N–H and O–H groups in total. The number of carboxylic acids is 1. The maximum Gasteiger partial charge on any atom is 0.304 e. The van der Waals surface area contributed by atoms with E-state index in [0.29, 0.717) is 6.54 Å². The Labute approximate surface area is 111 Å². The number of aliphatic carboxylic acids is 1. The zero-order valence-electron chi connectivity index (χ0n) is 10.8. The Morgan fingerprint density at radius 3 is 3.11 bits per heavy atom. The van der Waals surface area contributed by atoms with Crippen LogP contribution in [0.1, 0.15) is 36.6 Å². The Kier molecular flexibility index (Phi) is 3.25. The SMILES string of the molecule is O=C(O)CCNC1CCCc2c1[nH]c1ccccc21. The minimum Gasteiger partial charge on any atom is -0.481 e. The molecule has 1 heterocycles. The normalized spacial score (nSPS) is 18.4. The molecule has 100 valence electrons. The number of H-pyrrole nitrogens is 1. The monoisotopic (exact) mass is 258 g/mol. The summed E-state index contributed by atoms with van der Waals surface area (Å²) in [7, 11) is 0. The number of aromatic amines is 1. The molecule has 19 heavy (non-hydrogen) atoms. The highest BCUT2D eigenvalue weighted by Crippen LogP contribution is 2.34. The Bertz CT molecular complexity index is 603. The van der Waals surface area contributed by atoms with Crippen LogP contribution in [0.15, 0.2) is 24.3 Å². The van der Waals surface area contributed by atoms with Gasteiger partial charge in [0.2, 0.25) is 0 Å². The summed E-state index contributed by atoms with van der Waals surface area (Å²) in [5.74, 6) is -0.750. The molecule has 4 heteroatoms. The van der Waals surface area contributed by atoms with Gasteiger partial charge in [-0.2, -0.15) is 0 Å². The first-order chi connectivity index (χ1) is 9.25. The number of para-hydroxylation sites is 1. The Morgan fingerprint density at radius 1 is 1.42 bits per heavy atom. The van der Waals surface area contributed by atoms with Crippen LogP contribution in [0, 0.1) is 0 Å². The highest BCUT2D eigenvalue weighted by atomic mass is 16.4. The smallest absolute Gasteiger partial charge is 0.304 e. The molecule has 0 spiro atoms. The molecule has 0 radical (unpaired) electrons. The van der Waals surface area contributed by atoms with Gasteiger partial charge in [0.15, 0.2) is 0 Å². The number of benzene rings is 1. The number of rotatable bonds is 4. The molecule has 0 aliphatic heterocycles. The molecule has 0 bridgehead atoms. The summed E-state index contributed by atoms with van der Waals surface area (Å²) in [5.41, 5.74) is 3.83. The number of aromatic nitrogens is 1. The second kappa shape index (κ2) is 5.05. The van der Waals surface area contributed by atoms with Gasteiger partial charge in [-0.1, -0.05) is 18.2 Å². The minimum atomic E-state index is -0.750. The third-order valence-corrected chi connectivity index (χ3v) is 3.84. The summed E-state index contributed by atoms with van der Waals surface area (Å²) in [6, 6.07) is 8.62. The first kappa shape index (κ1) is 12.2. The highest BCUT2D eigenvalue weighted by molar-refractivity contribution is 5.85. The van der Waals surface area contributed by atoms with Crippen molar-refractivity contribution in [2.75, 3.05) is 6.54 Å². The molecule has 3 rings (SSSR count). The Hall–Kier alpha value is -1.81. The molecule has 0 amide bonds. The largest absolute Gasteiger partial charge is 0.481 e. The van der Waals surface area contributed by atoms with E-state index >= 15 is 0 Å². The van der Waals surface area contributed by atoms with Gasteiger partial charge in [-0.05, 0) is 30.9 Å². The predicted molar refractivity (Wildman–Crippen MR) is 74.2 cm³/mol. The second-order valence-electron chi connectivity index (χ2n) is 5.11. The van der Waals surface area contributed by atoms with Crippen LogP contribution in [0.2, 0.25) is 0 Å². The van der Waals surface area contributed by atoms with E-state index < -0.39 is 5.97 Å². The molecule has 2 aromatic rings. The van der Waals surface area contributed by atoms with Crippen LogP contribution >= 0.6 is 0 Å². The first-order valence-electron chi connectivity index (χ1n) is 6.80. The van der Waals surface area contributed by atoms with Crippen molar-refractivity contribution >= 4 is 16.9 Å². The average molecular weight is 258 g/mol. The van der Waals surface area contributed by atoms with E-state index in [0.717, 1.165) is 19.3 Å². The Morgan fingerprint density at radius 2 is 2.26 bits per heavy atom. The molecule has 1 aliphatic rings. The van der Waals surface area contributed by atoms with Crippen LogP contribution in [-0.4, -0.2) is 22.6 Å². The van der Waals surface area contributed by atoms with Crippen molar-refractivity contribution < 1.29 is 9.90 Å². The number of aryl methyl sites for hydroxylation is 1. The van der Waals surface area contributed by atoms with Crippen molar-refractivity contribution in [3.05, 3.63) is 35.5 Å². The third-order valence-electron chi connectivity index (χ3n) is 3.84. The van der Waals surface area contributed by atoms with E-state index in [-0.39, 0.29) is 12.5 Å². The molecule has 1 aromatic carbocycles. The molecular formula is C15H18N2O2. The Balaban J connectivity index is 1.85. The van der Waals surface area contributed by atoms with Crippen molar-refractivity contribution in [1.29, 1.82) is 0 Å². The van der Waals surface area contributed by atoms with Gasteiger partial charge in [0.1, 0.15) is 0 Å². The lowest BCUT2D eigenvalue weighted by atomic mass is 9.91. The van der Waals surface area contributed by atoms with Crippen molar-refractivity contribution in [1.82, 2.24) is 10.3 Å². The molecule has 1 atom stereocenters. The number of hydrogen-bond acceptors (Lipinski definition) is 2. The molecule has 4 nitrogen and oxygen atoms in total. The predicted octanol–water partition coefficient (Wildman–Crippen LogP) is 2.61. The summed E-state index contributed by atoms with van der Waals surface area (Å²) in [6.45, 7) is 0.523. The number of carbonyl (C=O) groups is 1. The fourth-order valence-electron chi connectivity index (χ4n) is 2.97. The van der Waals surface area contributed by atoms with Gasteiger partial charge in [-0.25, -0.2) is 0 Å². The zero-order valence-corrected chi connectivity index (χ0v) is 10.8. The fraction of sp³-hybridized carbons (Fsp3) is 0.400. The van der Waals surface area contributed by atoms with Crippen LogP contribution in [0.3, 0.4) is 0 Å². The van der Waals surface area contributed by atoms with Gasteiger partial charge in [0.25, 0.3) is 0 Å². The van der Waals surface area contributed by atoms with E-state index in [4.69, 9.17) is 5.11 Å². The van der Waals surface area contributed by atoms with E-state index in [1.807, 2.05) is 6.07 Å². The number of fused-ring (bicyclic) bond motifs is 3. The van der Waals surface area contributed by atoms with Crippen molar-refractivity contribution in [2.45, 2.75) is 31.7 Å². The highest BCUT2D eigenvalue weighted by Gasteiger charge is 2.23. The fourth-order valence-corrected chi connectivity index (χ4v) is 2.97. The molecule has 0 saturated carbocycles. The summed E-state index contributed by atoms with van der Waals surface area (Å²) in [4.78, 5) is 14.1. The van der Waals surface area contributed by atoms with Crippen LogP contribution in [0.4, 0.5) is 0 Å². The van der Waals surface area contributed by atoms with E-state index in [1.165, 1.54) is 22.2 Å². The van der Waals surface area contributed by atoms with Gasteiger partial charge in [-0.3, -0.25) is 4.79 Å². The maximum absolute atomic E-state index is 10.6. The van der Waals surface area contributed by atoms with Crippen LogP contribution in [-0.2, 0) is 11.2 Å². The summed E-state index contributed by atoms with van der Waals surface area (Å²) >= 11 is 0. The molecule has 1 unspecified atom stereocenters. The molecular weight excluding hydrogens is 240 g/mol. The van der Waals surface area contributed by atoms with Crippen LogP contribution in [0.5, 0.6) is 0 Å². The van der Waals surface area contributed by atoms with Crippen molar-refractivity contribution in [3.63, 3.8) is 0 Å². The molecule has 1 aliphatic carbocycles. The van der Waals surface area contributed by atoms with Gasteiger partial charge in [0.05, 0.1) is 6.42 Å². The second-order valence-corrected chi connectivity index (χ2v) is 5.11. The van der Waals surface area contributed by atoms with Gasteiger partial charge in [0, 0.05) is 29.2 Å². The zero-order chi connectivity index (χ0) is 13.2. The standard InChI is InChI=1S/C15H18N2O2/c18-14(19)8-9-16-13-7-3-5-11-10-4-1-2-6-12(10)17-15(11)13/h1-2,4,6,13,16-17H,3,5,7-9H2,(H,18,19). The van der Waals surface area contributed by atoms with Crippen molar-refractivity contribution in [3.8, 4) is 0 Å². The maximum atomic E-state index is 10.6. The van der Waals surface area contributed by atoms with Crippen molar-refractivity contribution in [2.24, 2.45) is 0 Å². The molecule has 1 aromatic heterocycles. The number of carboxylic acid groups (broad SMARTS) is 1. The molecule has 0 fully saturated rings. The van der Waals surface area contributed by atoms with E-state index in [1.54, 1.807) is 0 Å². The summed E-state index contributed by atoms with van der Waals surface area (Å²) in [5, 5.41) is 13.4. The third kappa shape index (κ3) is 2.36. The summed E-state index contributed by atoms with van der Waals surface area (Å²) in [6.07, 6.45) is 3.50.